The number of nitrogens with zero attached hydrogens (tertiary/aromatic N) is 4. The summed E-state index contributed by atoms with van der Waals surface area (Å²) < 4.78 is 4.04. The van der Waals surface area contributed by atoms with Crippen LogP contribution < -0.4 is 5.73 Å². The fraction of sp³-hybridized carbons (Fsp3) is 0.200. The second-order valence-corrected chi connectivity index (χ2v) is 4.79. The minimum atomic E-state index is -0.182. The molecule has 0 bridgehead atoms. The lowest BCUT2D eigenvalue weighted by atomic mass is 10.1. The van der Waals surface area contributed by atoms with Crippen LogP contribution in [-0.2, 0) is 13.6 Å². The number of rotatable bonds is 4. The van der Waals surface area contributed by atoms with Gasteiger partial charge in [0.2, 0.25) is 0 Å². The zero-order chi connectivity index (χ0) is 13.9. The van der Waals surface area contributed by atoms with Crippen LogP contribution in [0.15, 0.2) is 55.2 Å². The van der Waals surface area contributed by atoms with E-state index in [4.69, 9.17) is 5.73 Å². The first-order valence-corrected chi connectivity index (χ1v) is 6.52. The van der Waals surface area contributed by atoms with Crippen molar-refractivity contribution in [2.24, 2.45) is 12.8 Å². The molecule has 0 amide bonds. The van der Waals surface area contributed by atoms with Gasteiger partial charge in [-0.05, 0) is 5.56 Å². The third-order valence-electron chi connectivity index (χ3n) is 3.45. The molecule has 5 nitrogen and oxygen atoms in total. The summed E-state index contributed by atoms with van der Waals surface area (Å²) >= 11 is 0. The average molecular weight is 267 g/mol. The van der Waals surface area contributed by atoms with Gasteiger partial charge in [0.1, 0.15) is 5.82 Å². The first-order chi connectivity index (χ1) is 9.75. The van der Waals surface area contributed by atoms with E-state index in [0.29, 0.717) is 6.54 Å². The van der Waals surface area contributed by atoms with Gasteiger partial charge in [0.15, 0.2) is 0 Å². The normalized spacial score (nSPS) is 12.5. The van der Waals surface area contributed by atoms with Crippen molar-refractivity contribution in [2.75, 3.05) is 0 Å². The lowest BCUT2D eigenvalue weighted by molar-refractivity contribution is 0.649. The topological polar surface area (TPSA) is 61.7 Å². The summed E-state index contributed by atoms with van der Waals surface area (Å²) in [5, 5.41) is 0. The molecule has 102 valence electrons. The van der Waals surface area contributed by atoms with Gasteiger partial charge in [-0.15, -0.1) is 0 Å². The molecule has 0 radical (unpaired) electrons. The Morgan fingerprint density at radius 1 is 1.25 bits per heavy atom. The van der Waals surface area contributed by atoms with Crippen LogP contribution in [0.25, 0.3) is 0 Å². The lowest BCUT2D eigenvalue weighted by Crippen LogP contribution is -2.17. The van der Waals surface area contributed by atoms with Crippen LogP contribution in [0.1, 0.15) is 23.1 Å². The second-order valence-electron chi connectivity index (χ2n) is 4.79. The van der Waals surface area contributed by atoms with E-state index in [-0.39, 0.29) is 6.04 Å². The second kappa shape index (κ2) is 5.30. The molecule has 0 spiro atoms. The zero-order valence-electron chi connectivity index (χ0n) is 11.3. The Hall–Kier alpha value is -2.40. The molecule has 2 aromatic heterocycles. The Kier molecular flexibility index (Phi) is 3.35. The smallest absolute Gasteiger partial charge is 0.128 e. The molecule has 3 aromatic rings. The molecule has 5 heteroatoms. The molecule has 0 saturated carbocycles. The number of imidazole rings is 2. The minimum absolute atomic E-state index is 0.182. The van der Waals surface area contributed by atoms with Crippen molar-refractivity contribution in [2.45, 2.75) is 12.6 Å². The van der Waals surface area contributed by atoms with E-state index in [1.54, 1.807) is 12.5 Å². The highest BCUT2D eigenvalue weighted by Crippen LogP contribution is 2.19. The summed E-state index contributed by atoms with van der Waals surface area (Å²) in [6.45, 7) is 0.666. The van der Waals surface area contributed by atoms with Gasteiger partial charge in [0.25, 0.3) is 0 Å². The SMILES string of the molecule is Cn1ccnc1Cn1cncc1C(N)c1ccccc1. The highest BCUT2D eigenvalue weighted by atomic mass is 15.1. The first kappa shape index (κ1) is 12.6. The lowest BCUT2D eigenvalue weighted by Gasteiger charge is -2.15. The number of hydrogen-bond donors (Lipinski definition) is 1. The van der Waals surface area contributed by atoms with Crippen LogP contribution in [0, 0.1) is 0 Å². The van der Waals surface area contributed by atoms with Crippen molar-refractivity contribution in [3.63, 3.8) is 0 Å². The van der Waals surface area contributed by atoms with Gasteiger partial charge in [-0.2, -0.15) is 0 Å². The van der Waals surface area contributed by atoms with Crippen LogP contribution in [0.5, 0.6) is 0 Å². The van der Waals surface area contributed by atoms with Crippen LogP contribution in [0.2, 0.25) is 0 Å². The third-order valence-corrected chi connectivity index (χ3v) is 3.45. The van der Waals surface area contributed by atoms with E-state index in [1.165, 1.54) is 0 Å². The molecule has 2 heterocycles. The van der Waals surface area contributed by atoms with Crippen molar-refractivity contribution in [3.8, 4) is 0 Å². The fourth-order valence-corrected chi connectivity index (χ4v) is 2.25. The predicted octanol–water partition coefficient (Wildman–Crippen LogP) is 1.71. The number of aromatic nitrogens is 4. The fourth-order valence-electron chi connectivity index (χ4n) is 2.25. The highest BCUT2D eigenvalue weighted by molar-refractivity contribution is 5.26. The van der Waals surface area contributed by atoms with Crippen LogP contribution in [-0.4, -0.2) is 19.1 Å². The minimum Gasteiger partial charge on any atom is -0.337 e. The molecule has 20 heavy (non-hydrogen) atoms. The largest absolute Gasteiger partial charge is 0.337 e. The molecule has 0 aliphatic heterocycles. The summed E-state index contributed by atoms with van der Waals surface area (Å²) in [6.07, 6.45) is 7.35. The molecule has 1 atom stereocenters. The quantitative estimate of drug-likeness (QED) is 0.783. The molecule has 0 aliphatic carbocycles. The molecule has 1 aromatic carbocycles. The van der Waals surface area contributed by atoms with Crippen molar-refractivity contribution >= 4 is 0 Å². The monoisotopic (exact) mass is 267 g/mol. The Bertz CT molecular complexity index is 683. The van der Waals surface area contributed by atoms with Crippen LogP contribution in [0.4, 0.5) is 0 Å². The summed E-state index contributed by atoms with van der Waals surface area (Å²) in [7, 11) is 1.98. The van der Waals surface area contributed by atoms with E-state index in [9.17, 15) is 0 Å². The molecule has 0 aliphatic rings. The first-order valence-electron chi connectivity index (χ1n) is 6.52. The number of hydrogen-bond acceptors (Lipinski definition) is 3. The van der Waals surface area contributed by atoms with Gasteiger partial charge >= 0.3 is 0 Å². The Balaban J connectivity index is 1.89. The van der Waals surface area contributed by atoms with Crippen molar-refractivity contribution in [1.29, 1.82) is 0 Å². The van der Waals surface area contributed by atoms with Crippen molar-refractivity contribution < 1.29 is 0 Å². The Morgan fingerprint density at radius 3 is 2.75 bits per heavy atom. The zero-order valence-corrected chi connectivity index (χ0v) is 11.3. The molecule has 0 fully saturated rings. The number of nitrogens with two attached hydrogens (primary N) is 1. The van der Waals surface area contributed by atoms with Crippen LogP contribution in [0.3, 0.4) is 0 Å². The Labute approximate surface area is 117 Å². The summed E-state index contributed by atoms with van der Waals surface area (Å²) in [6, 6.07) is 9.86. The maximum Gasteiger partial charge on any atom is 0.128 e. The van der Waals surface area contributed by atoms with Gasteiger partial charge in [-0.25, -0.2) is 9.97 Å². The molecular formula is C15H17N5. The van der Waals surface area contributed by atoms with Crippen LogP contribution >= 0.6 is 0 Å². The Morgan fingerprint density at radius 2 is 2.05 bits per heavy atom. The number of aryl methyl sites for hydroxylation is 1. The van der Waals surface area contributed by atoms with Gasteiger partial charge in [0.05, 0.1) is 30.8 Å². The van der Waals surface area contributed by atoms with Gasteiger partial charge < -0.3 is 14.9 Å². The molecule has 0 saturated heterocycles. The maximum absolute atomic E-state index is 6.34. The highest BCUT2D eigenvalue weighted by Gasteiger charge is 2.14. The molecule has 3 rings (SSSR count). The summed E-state index contributed by atoms with van der Waals surface area (Å²) in [4.78, 5) is 8.56. The van der Waals surface area contributed by atoms with E-state index in [2.05, 4.69) is 9.97 Å². The van der Waals surface area contributed by atoms with Crippen molar-refractivity contribution in [1.82, 2.24) is 19.1 Å². The van der Waals surface area contributed by atoms with E-state index in [1.807, 2.05) is 58.9 Å². The summed E-state index contributed by atoms with van der Waals surface area (Å²) in [5.41, 5.74) is 8.40. The van der Waals surface area contributed by atoms with E-state index >= 15 is 0 Å². The van der Waals surface area contributed by atoms with Gasteiger partial charge in [0, 0.05) is 19.4 Å². The summed E-state index contributed by atoms with van der Waals surface area (Å²) in [5.74, 6) is 0.976. The predicted molar refractivity (Wildman–Crippen MR) is 77.0 cm³/mol. The van der Waals surface area contributed by atoms with Crippen molar-refractivity contribution in [3.05, 3.63) is 72.3 Å². The van der Waals surface area contributed by atoms with E-state index < -0.39 is 0 Å². The standard InChI is InChI=1S/C15H17N5/c1-19-8-7-18-14(19)10-20-11-17-9-13(20)15(16)12-5-3-2-4-6-12/h2-9,11,15H,10,16H2,1H3. The maximum atomic E-state index is 6.34. The third kappa shape index (κ3) is 2.35. The molecular weight excluding hydrogens is 250 g/mol. The van der Waals surface area contributed by atoms with Gasteiger partial charge in [-0.3, -0.25) is 0 Å². The number of benzene rings is 1. The molecule has 2 N–H and O–H groups in total. The molecule has 1 unspecified atom stereocenters. The van der Waals surface area contributed by atoms with Gasteiger partial charge in [-0.1, -0.05) is 30.3 Å². The average Bonchev–Trinajstić information content (AvgIpc) is 3.09. The van der Waals surface area contributed by atoms with E-state index in [0.717, 1.165) is 17.1 Å².